The molecule has 0 saturated heterocycles. The molecule has 0 saturated carbocycles. The maximum Gasteiger partial charge on any atom is 0.145 e. The molecule has 88 valence electrons. The van der Waals surface area contributed by atoms with Gasteiger partial charge in [-0.15, -0.1) is 0 Å². The van der Waals surface area contributed by atoms with Crippen molar-refractivity contribution in [2.45, 2.75) is 12.8 Å². The number of benzene rings is 1. The Kier molecular flexibility index (Phi) is 7.30. The third-order valence-electron chi connectivity index (χ3n) is 2.15. The molecule has 0 amide bonds. The second-order valence-electron chi connectivity index (χ2n) is 3.44. The smallest absolute Gasteiger partial charge is 0.145 e. The Morgan fingerprint density at radius 3 is 2.50 bits per heavy atom. The maximum atomic E-state index is 9.93. The molecule has 3 heteroatoms. The topological polar surface area (TPSA) is 35.5 Å². The van der Waals surface area contributed by atoms with Crippen molar-refractivity contribution in [3.8, 4) is 0 Å². The van der Waals surface area contributed by atoms with Crippen LogP contribution in [0, 0.1) is 0 Å². The van der Waals surface area contributed by atoms with E-state index >= 15 is 0 Å². The zero-order valence-electron chi connectivity index (χ0n) is 9.43. The van der Waals surface area contributed by atoms with Crippen LogP contribution < -0.4 is 0 Å². The lowest BCUT2D eigenvalue weighted by molar-refractivity contribution is -0.112. The minimum atomic E-state index is 0.160. The van der Waals surface area contributed by atoms with E-state index in [1.165, 1.54) is 5.56 Å². The van der Waals surface area contributed by atoms with Gasteiger partial charge in [0.25, 0.3) is 0 Å². The predicted molar refractivity (Wildman–Crippen MR) is 62.5 cm³/mol. The SMILES string of the molecule is O=CCOCCOCCCc1ccccc1. The first-order valence-corrected chi connectivity index (χ1v) is 5.56. The van der Waals surface area contributed by atoms with Crippen LogP contribution in [0.25, 0.3) is 0 Å². The Bertz CT molecular complexity index is 272. The molecule has 0 aromatic heterocycles. The van der Waals surface area contributed by atoms with Crippen molar-refractivity contribution in [1.29, 1.82) is 0 Å². The summed E-state index contributed by atoms with van der Waals surface area (Å²) in [7, 11) is 0. The van der Waals surface area contributed by atoms with Gasteiger partial charge in [0.15, 0.2) is 0 Å². The maximum absolute atomic E-state index is 9.93. The molecule has 1 aromatic rings. The van der Waals surface area contributed by atoms with Gasteiger partial charge in [0, 0.05) is 6.61 Å². The van der Waals surface area contributed by atoms with Gasteiger partial charge in [-0.05, 0) is 18.4 Å². The van der Waals surface area contributed by atoms with Crippen LogP contribution in [-0.4, -0.2) is 32.7 Å². The Morgan fingerprint density at radius 1 is 1.00 bits per heavy atom. The summed E-state index contributed by atoms with van der Waals surface area (Å²) in [5.41, 5.74) is 1.34. The molecule has 16 heavy (non-hydrogen) atoms. The Labute approximate surface area is 96.4 Å². The summed E-state index contributed by atoms with van der Waals surface area (Å²) >= 11 is 0. The summed E-state index contributed by atoms with van der Waals surface area (Å²) < 4.78 is 10.3. The van der Waals surface area contributed by atoms with Gasteiger partial charge >= 0.3 is 0 Å². The highest BCUT2D eigenvalue weighted by Gasteiger charge is 1.92. The van der Waals surface area contributed by atoms with Crippen LogP contribution in [0.5, 0.6) is 0 Å². The van der Waals surface area contributed by atoms with E-state index in [1.54, 1.807) is 0 Å². The molecular formula is C13H18O3. The predicted octanol–water partition coefficient (Wildman–Crippen LogP) is 1.85. The zero-order valence-corrected chi connectivity index (χ0v) is 9.43. The third kappa shape index (κ3) is 6.32. The number of aryl methyl sites for hydroxylation is 1. The number of carbonyl (C=O) groups is 1. The first-order valence-electron chi connectivity index (χ1n) is 5.56. The van der Waals surface area contributed by atoms with Gasteiger partial charge in [-0.3, -0.25) is 0 Å². The Hall–Kier alpha value is -1.19. The number of aldehydes is 1. The third-order valence-corrected chi connectivity index (χ3v) is 2.15. The molecule has 0 aliphatic rings. The minimum absolute atomic E-state index is 0.160. The highest BCUT2D eigenvalue weighted by Crippen LogP contribution is 2.02. The second-order valence-corrected chi connectivity index (χ2v) is 3.44. The van der Waals surface area contributed by atoms with Crippen LogP contribution in [0.15, 0.2) is 30.3 Å². The van der Waals surface area contributed by atoms with Crippen molar-refractivity contribution in [1.82, 2.24) is 0 Å². The van der Waals surface area contributed by atoms with Crippen molar-refractivity contribution in [2.24, 2.45) is 0 Å². The van der Waals surface area contributed by atoms with E-state index in [0.717, 1.165) is 25.7 Å². The summed E-state index contributed by atoms with van der Waals surface area (Å²) in [5.74, 6) is 0. The summed E-state index contributed by atoms with van der Waals surface area (Å²) in [6, 6.07) is 10.3. The van der Waals surface area contributed by atoms with Crippen LogP contribution in [0.4, 0.5) is 0 Å². The fourth-order valence-corrected chi connectivity index (χ4v) is 1.37. The summed E-state index contributed by atoms with van der Waals surface area (Å²) in [6.07, 6.45) is 2.79. The van der Waals surface area contributed by atoms with Crippen molar-refractivity contribution in [3.05, 3.63) is 35.9 Å². The lowest BCUT2D eigenvalue weighted by Crippen LogP contribution is -2.07. The van der Waals surface area contributed by atoms with Crippen LogP contribution in [-0.2, 0) is 20.7 Å². The minimum Gasteiger partial charge on any atom is -0.379 e. The van der Waals surface area contributed by atoms with Crippen molar-refractivity contribution in [2.75, 3.05) is 26.4 Å². The Morgan fingerprint density at radius 2 is 1.75 bits per heavy atom. The standard InChI is InChI=1S/C13H18O3/c14-8-10-16-12-11-15-9-4-7-13-5-2-1-3-6-13/h1-3,5-6,8H,4,7,9-12H2. The number of ether oxygens (including phenoxy) is 2. The summed E-state index contributed by atoms with van der Waals surface area (Å²) in [5, 5.41) is 0. The van der Waals surface area contributed by atoms with E-state index in [-0.39, 0.29) is 6.61 Å². The van der Waals surface area contributed by atoms with Crippen LogP contribution in [0.1, 0.15) is 12.0 Å². The first-order chi connectivity index (χ1) is 7.93. The monoisotopic (exact) mass is 222 g/mol. The molecule has 0 bridgehead atoms. The molecular weight excluding hydrogens is 204 g/mol. The fourth-order valence-electron chi connectivity index (χ4n) is 1.37. The highest BCUT2D eigenvalue weighted by molar-refractivity contribution is 5.50. The molecule has 0 radical (unpaired) electrons. The van der Waals surface area contributed by atoms with Gasteiger partial charge in [0.05, 0.1) is 13.2 Å². The quantitative estimate of drug-likeness (QED) is 0.472. The van der Waals surface area contributed by atoms with E-state index in [2.05, 4.69) is 12.1 Å². The number of rotatable bonds is 9. The molecule has 0 fully saturated rings. The Balaban J connectivity index is 1.90. The van der Waals surface area contributed by atoms with E-state index < -0.39 is 0 Å². The van der Waals surface area contributed by atoms with E-state index in [4.69, 9.17) is 9.47 Å². The average Bonchev–Trinajstić information content (AvgIpc) is 2.34. The molecule has 3 nitrogen and oxygen atoms in total. The van der Waals surface area contributed by atoms with Crippen LogP contribution in [0.2, 0.25) is 0 Å². The fraction of sp³-hybridized carbons (Fsp3) is 0.462. The van der Waals surface area contributed by atoms with Gasteiger partial charge in [-0.2, -0.15) is 0 Å². The molecule has 0 aliphatic carbocycles. The molecule has 0 atom stereocenters. The molecule has 0 spiro atoms. The molecule has 0 aliphatic heterocycles. The van der Waals surface area contributed by atoms with Gasteiger partial charge in [0.1, 0.15) is 12.9 Å². The van der Waals surface area contributed by atoms with Gasteiger partial charge in [-0.25, -0.2) is 0 Å². The van der Waals surface area contributed by atoms with Crippen molar-refractivity contribution < 1.29 is 14.3 Å². The summed E-state index contributed by atoms with van der Waals surface area (Å²) in [4.78, 5) is 9.93. The van der Waals surface area contributed by atoms with Gasteiger partial charge < -0.3 is 14.3 Å². The van der Waals surface area contributed by atoms with Gasteiger partial charge in [0.2, 0.25) is 0 Å². The van der Waals surface area contributed by atoms with Crippen LogP contribution in [0.3, 0.4) is 0 Å². The van der Waals surface area contributed by atoms with E-state index in [0.29, 0.717) is 13.2 Å². The number of hydrogen-bond acceptors (Lipinski definition) is 3. The molecule has 0 heterocycles. The van der Waals surface area contributed by atoms with Gasteiger partial charge in [-0.1, -0.05) is 30.3 Å². The van der Waals surface area contributed by atoms with Crippen molar-refractivity contribution in [3.63, 3.8) is 0 Å². The largest absolute Gasteiger partial charge is 0.379 e. The van der Waals surface area contributed by atoms with Crippen LogP contribution >= 0.6 is 0 Å². The lowest BCUT2D eigenvalue weighted by Gasteiger charge is -2.04. The summed E-state index contributed by atoms with van der Waals surface area (Å²) in [6.45, 7) is 1.94. The van der Waals surface area contributed by atoms with E-state index in [9.17, 15) is 4.79 Å². The van der Waals surface area contributed by atoms with E-state index in [1.807, 2.05) is 18.2 Å². The number of hydrogen-bond donors (Lipinski definition) is 0. The first kappa shape index (κ1) is 12.9. The molecule has 1 aromatic carbocycles. The zero-order chi connectivity index (χ0) is 11.5. The molecule has 0 N–H and O–H groups in total. The second kappa shape index (κ2) is 9.07. The molecule has 1 rings (SSSR count). The number of carbonyl (C=O) groups excluding carboxylic acids is 1. The molecule has 0 unspecified atom stereocenters. The van der Waals surface area contributed by atoms with Crippen molar-refractivity contribution >= 4 is 6.29 Å². The average molecular weight is 222 g/mol. The normalized spacial score (nSPS) is 10.2. The highest BCUT2D eigenvalue weighted by atomic mass is 16.5. The lowest BCUT2D eigenvalue weighted by atomic mass is 10.1.